The maximum Gasteiger partial charge on any atom is 0.331 e. The molecule has 0 saturated heterocycles. The van der Waals surface area contributed by atoms with Gasteiger partial charge in [-0.25, -0.2) is 4.79 Å². The summed E-state index contributed by atoms with van der Waals surface area (Å²) >= 11 is 6.32. The van der Waals surface area contributed by atoms with Crippen molar-refractivity contribution in [3.8, 4) is 6.07 Å². The fourth-order valence-electron chi connectivity index (χ4n) is 2.32. The highest BCUT2D eigenvalue weighted by Gasteiger charge is 2.11. The molecule has 2 aromatic rings. The Hall–Kier alpha value is -2.58. The zero-order valence-corrected chi connectivity index (χ0v) is 15.1. The fourth-order valence-corrected chi connectivity index (χ4v) is 2.64. The van der Waals surface area contributed by atoms with Gasteiger partial charge in [-0.2, -0.15) is 10.4 Å². The highest BCUT2D eigenvalue weighted by molar-refractivity contribution is 6.31. The molecule has 130 valence electrons. The standard InChI is InChI=1S/C19H20ClN3O2/c1-3-4-11-23-19(20)17(14(2)22-23)9-10-18(24)25-13-16-8-6-5-7-15(16)12-21/h5-10H,3-4,11,13H2,1-2H3/b10-9+. The summed E-state index contributed by atoms with van der Waals surface area (Å²) < 4.78 is 6.94. The molecule has 0 spiro atoms. The number of carbonyl (C=O) groups excluding carboxylic acids is 1. The third kappa shape index (κ3) is 4.94. The largest absolute Gasteiger partial charge is 0.458 e. The number of esters is 1. The summed E-state index contributed by atoms with van der Waals surface area (Å²) in [4.78, 5) is 11.9. The Morgan fingerprint density at radius 1 is 1.44 bits per heavy atom. The minimum absolute atomic E-state index is 0.0510. The molecule has 0 saturated carbocycles. The predicted octanol–water partition coefficient (Wildman–Crippen LogP) is 4.27. The molecule has 0 atom stereocenters. The van der Waals surface area contributed by atoms with Crippen molar-refractivity contribution in [1.82, 2.24) is 9.78 Å². The molecule has 1 heterocycles. The van der Waals surface area contributed by atoms with E-state index in [0.717, 1.165) is 25.1 Å². The highest BCUT2D eigenvalue weighted by atomic mass is 35.5. The van der Waals surface area contributed by atoms with E-state index in [1.807, 2.05) is 6.92 Å². The highest BCUT2D eigenvalue weighted by Crippen LogP contribution is 2.22. The Balaban J connectivity index is 2.01. The lowest BCUT2D eigenvalue weighted by Gasteiger charge is -2.04. The van der Waals surface area contributed by atoms with E-state index in [9.17, 15) is 4.79 Å². The van der Waals surface area contributed by atoms with Gasteiger partial charge >= 0.3 is 5.97 Å². The van der Waals surface area contributed by atoms with Gasteiger partial charge in [-0.15, -0.1) is 0 Å². The van der Waals surface area contributed by atoms with E-state index in [4.69, 9.17) is 21.6 Å². The van der Waals surface area contributed by atoms with Crippen LogP contribution in [0.15, 0.2) is 30.3 Å². The van der Waals surface area contributed by atoms with Crippen molar-refractivity contribution in [1.29, 1.82) is 5.26 Å². The van der Waals surface area contributed by atoms with E-state index >= 15 is 0 Å². The molecule has 0 aliphatic carbocycles. The summed E-state index contributed by atoms with van der Waals surface area (Å²) in [7, 11) is 0. The Bertz CT molecular complexity index is 819. The first-order chi connectivity index (χ1) is 12.1. The van der Waals surface area contributed by atoms with Gasteiger partial charge < -0.3 is 4.74 Å². The lowest BCUT2D eigenvalue weighted by molar-refractivity contribution is -0.138. The zero-order valence-electron chi connectivity index (χ0n) is 14.3. The summed E-state index contributed by atoms with van der Waals surface area (Å²) in [5.41, 5.74) is 2.65. The Kier molecular flexibility index (Phi) is 6.79. The van der Waals surface area contributed by atoms with Crippen LogP contribution in [0.1, 0.15) is 42.1 Å². The number of hydrogen-bond acceptors (Lipinski definition) is 4. The average molecular weight is 358 g/mol. The molecular weight excluding hydrogens is 338 g/mol. The van der Waals surface area contributed by atoms with Crippen molar-refractivity contribution in [2.45, 2.75) is 39.8 Å². The molecule has 6 heteroatoms. The summed E-state index contributed by atoms with van der Waals surface area (Å²) in [5, 5.41) is 13.9. The van der Waals surface area contributed by atoms with Crippen LogP contribution in [0.5, 0.6) is 0 Å². The number of unbranched alkanes of at least 4 members (excludes halogenated alkanes) is 1. The number of carbonyl (C=O) groups is 1. The van der Waals surface area contributed by atoms with E-state index < -0.39 is 5.97 Å². The molecule has 25 heavy (non-hydrogen) atoms. The van der Waals surface area contributed by atoms with Crippen LogP contribution in [0.25, 0.3) is 6.08 Å². The van der Waals surface area contributed by atoms with E-state index in [0.29, 0.717) is 21.8 Å². The molecule has 2 rings (SSSR count). The maximum absolute atomic E-state index is 11.9. The van der Waals surface area contributed by atoms with Gasteiger partial charge in [-0.05, 0) is 25.5 Å². The molecule has 0 amide bonds. The lowest BCUT2D eigenvalue weighted by Crippen LogP contribution is -2.02. The van der Waals surface area contributed by atoms with E-state index in [1.54, 1.807) is 35.0 Å². The predicted molar refractivity (Wildman–Crippen MR) is 96.9 cm³/mol. The zero-order chi connectivity index (χ0) is 18.2. The minimum Gasteiger partial charge on any atom is -0.458 e. The van der Waals surface area contributed by atoms with Gasteiger partial charge in [-0.1, -0.05) is 43.1 Å². The van der Waals surface area contributed by atoms with Crippen molar-refractivity contribution in [2.75, 3.05) is 0 Å². The molecule has 0 N–H and O–H groups in total. The number of nitriles is 1. The molecule has 0 radical (unpaired) electrons. The van der Waals surface area contributed by atoms with Gasteiger partial charge in [0.1, 0.15) is 11.8 Å². The third-order valence-corrected chi connectivity index (χ3v) is 4.13. The number of halogens is 1. The maximum atomic E-state index is 11.9. The van der Waals surface area contributed by atoms with Crippen LogP contribution in [0.3, 0.4) is 0 Å². The molecule has 0 unspecified atom stereocenters. The van der Waals surface area contributed by atoms with Crippen molar-refractivity contribution in [3.63, 3.8) is 0 Å². The van der Waals surface area contributed by atoms with E-state index in [2.05, 4.69) is 18.1 Å². The number of rotatable bonds is 7. The normalized spacial score (nSPS) is 10.8. The van der Waals surface area contributed by atoms with Gasteiger partial charge in [0.2, 0.25) is 0 Å². The number of aryl methyl sites for hydroxylation is 2. The monoisotopic (exact) mass is 357 g/mol. The summed E-state index contributed by atoms with van der Waals surface area (Å²) in [6.45, 7) is 4.75. The molecular formula is C19H20ClN3O2. The fraction of sp³-hybridized carbons (Fsp3) is 0.316. The third-order valence-electron chi connectivity index (χ3n) is 3.73. The van der Waals surface area contributed by atoms with Crippen molar-refractivity contribution in [3.05, 3.63) is 57.9 Å². The van der Waals surface area contributed by atoms with Gasteiger partial charge in [0, 0.05) is 23.7 Å². The van der Waals surface area contributed by atoms with Crippen molar-refractivity contribution < 1.29 is 9.53 Å². The first kappa shape index (κ1) is 18.8. The number of benzene rings is 1. The van der Waals surface area contributed by atoms with Crippen LogP contribution in [0, 0.1) is 18.3 Å². The number of nitrogens with zero attached hydrogens (tertiary/aromatic N) is 3. The summed E-state index contributed by atoms with van der Waals surface area (Å²) in [6, 6.07) is 9.09. The van der Waals surface area contributed by atoms with Crippen LogP contribution in [0.2, 0.25) is 5.15 Å². The molecule has 0 aliphatic heterocycles. The van der Waals surface area contributed by atoms with Crippen molar-refractivity contribution in [2.24, 2.45) is 0 Å². The Morgan fingerprint density at radius 2 is 2.20 bits per heavy atom. The van der Waals surface area contributed by atoms with Crippen LogP contribution >= 0.6 is 11.6 Å². The topological polar surface area (TPSA) is 67.9 Å². The quantitative estimate of drug-likeness (QED) is 0.548. The molecule has 0 bridgehead atoms. The van der Waals surface area contributed by atoms with E-state index in [-0.39, 0.29) is 6.61 Å². The number of ether oxygens (including phenoxy) is 1. The molecule has 0 fully saturated rings. The van der Waals surface area contributed by atoms with Crippen LogP contribution < -0.4 is 0 Å². The summed E-state index contributed by atoms with van der Waals surface area (Å²) in [6.07, 6.45) is 4.99. The SMILES string of the molecule is CCCCn1nc(C)c(/C=C/C(=O)OCc2ccccc2C#N)c1Cl. The number of aromatic nitrogens is 2. The molecule has 1 aromatic heterocycles. The Morgan fingerprint density at radius 3 is 2.92 bits per heavy atom. The van der Waals surface area contributed by atoms with Gasteiger partial charge in [0.25, 0.3) is 0 Å². The second-order valence-electron chi connectivity index (χ2n) is 5.58. The molecule has 5 nitrogen and oxygen atoms in total. The smallest absolute Gasteiger partial charge is 0.331 e. The summed E-state index contributed by atoms with van der Waals surface area (Å²) in [5.74, 6) is -0.496. The molecule has 0 aliphatic rings. The van der Waals surface area contributed by atoms with Gasteiger partial charge in [0.05, 0.1) is 17.3 Å². The van der Waals surface area contributed by atoms with Crippen molar-refractivity contribution >= 4 is 23.6 Å². The number of hydrogen-bond donors (Lipinski definition) is 0. The second kappa shape index (κ2) is 9.05. The van der Waals surface area contributed by atoms with Gasteiger partial charge in [-0.3, -0.25) is 4.68 Å². The average Bonchev–Trinajstić information content (AvgIpc) is 2.89. The lowest BCUT2D eigenvalue weighted by atomic mass is 10.1. The first-order valence-corrected chi connectivity index (χ1v) is 8.50. The molecule has 1 aromatic carbocycles. The Labute approximate surface area is 152 Å². The van der Waals surface area contributed by atoms with E-state index in [1.165, 1.54) is 6.08 Å². The second-order valence-corrected chi connectivity index (χ2v) is 5.93. The van der Waals surface area contributed by atoms with Crippen LogP contribution in [-0.4, -0.2) is 15.7 Å². The van der Waals surface area contributed by atoms with Gasteiger partial charge in [0.15, 0.2) is 0 Å². The minimum atomic E-state index is -0.496. The first-order valence-electron chi connectivity index (χ1n) is 8.12. The van der Waals surface area contributed by atoms with Crippen LogP contribution in [-0.2, 0) is 22.7 Å². The van der Waals surface area contributed by atoms with Crippen LogP contribution in [0.4, 0.5) is 0 Å².